The third-order valence-electron chi connectivity index (χ3n) is 4.31. The molecule has 0 bridgehead atoms. The van der Waals surface area contributed by atoms with E-state index in [9.17, 15) is 0 Å². The molecule has 0 radical (unpaired) electrons. The zero-order valence-electron chi connectivity index (χ0n) is 12.9. The number of aliphatic hydroxyl groups excluding tert-OH is 1. The molecule has 0 saturated carbocycles. The van der Waals surface area contributed by atoms with E-state index in [0.29, 0.717) is 12.6 Å². The van der Waals surface area contributed by atoms with Crippen LogP contribution in [0.15, 0.2) is 0 Å². The molecule has 1 aliphatic heterocycles. The average Bonchev–Trinajstić information content (AvgIpc) is 2.69. The Morgan fingerprint density at radius 2 is 2.15 bits per heavy atom. The maximum absolute atomic E-state index is 9.09. The predicted molar refractivity (Wildman–Crippen MR) is 78.7 cm³/mol. The highest BCUT2D eigenvalue weighted by Gasteiger charge is 2.24. The lowest BCUT2D eigenvalue weighted by atomic mass is 10.0. The monoisotopic (exact) mass is 281 g/mol. The average molecular weight is 281 g/mol. The van der Waals surface area contributed by atoms with Gasteiger partial charge in [-0.15, -0.1) is 0 Å². The Morgan fingerprint density at radius 3 is 2.85 bits per heavy atom. The van der Waals surface area contributed by atoms with Gasteiger partial charge in [-0.3, -0.25) is 9.58 Å². The Labute approximate surface area is 121 Å². The van der Waals surface area contributed by atoms with E-state index in [1.54, 1.807) is 7.11 Å². The van der Waals surface area contributed by atoms with E-state index in [1.807, 2.05) is 4.68 Å². The van der Waals surface area contributed by atoms with Gasteiger partial charge in [-0.1, -0.05) is 6.42 Å². The Balaban J connectivity index is 2.11. The topological polar surface area (TPSA) is 50.5 Å². The first kappa shape index (κ1) is 15.5. The molecule has 0 aliphatic carbocycles. The molecule has 1 aliphatic rings. The molecule has 1 aromatic rings. The van der Waals surface area contributed by atoms with Crippen molar-refractivity contribution in [2.75, 3.05) is 26.9 Å². The van der Waals surface area contributed by atoms with Gasteiger partial charge in [0.25, 0.3) is 0 Å². The Morgan fingerprint density at radius 1 is 1.35 bits per heavy atom. The van der Waals surface area contributed by atoms with Gasteiger partial charge >= 0.3 is 0 Å². The molecule has 1 N–H and O–H groups in total. The molecular weight excluding hydrogens is 254 g/mol. The van der Waals surface area contributed by atoms with E-state index < -0.39 is 0 Å². The van der Waals surface area contributed by atoms with E-state index in [0.717, 1.165) is 25.4 Å². The molecule has 0 spiro atoms. The van der Waals surface area contributed by atoms with Crippen molar-refractivity contribution in [1.29, 1.82) is 0 Å². The molecule has 114 valence electrons. The molecule has 0 aromatic carbocycles. The molecule has 2 rings (SSSR count). The quantitative estimate of drug-likeness (QED) is 0.858. The van der Waals surface area contributed by atoms with Crippen LogP contribution in [0.1, 0.15) is 36.2 Å². The Bertz CT molecular complexity index is 429. The molecule has 0 unspecified atom stereocenters. The van der Waals surface area contributed by atoms with Gasteiger partial charge in [0, 0.05) is 31.0 Å². The molecular formula is C15H27N3O2. The third kappa shape index (κ3) is 3.40. The summed E-state index contributed by atoms with van der Waals surface area (Å²) in [7, 11) is 1.78. The fourth-order valence-corrected chi connectivity index (χ4v) is 3.13. The lowest BCUT2D eigenvalue weighted by Crippen LogP contribution is -2.41. The second-order valence-corrected chi connectivity index (χ2v) is 5.67. The molecule has 5 nitrogen and oxygen atoms in total. The molecule has 2 heterocycles. The highest BCUT2D eigenvalue weighted by molar-refractivity contribution is 5.24. The van der Waals surface area contributed by atoms with Crippen LogP contribution in [0, 0.1) is 13.8 Å². The number of ether oxygens (including phenoxy) is 1. The molecule has 5 heteroatoms. The summed E-state index contributed by atoms with van der Waals surface area (Å²) in [5, 5.41) is 13.6. The lowest BCUT2D eigenvalue weighted by Gasteiger charge is -2.35. The normalized spacial score (nSPS) is 20.5. The lowest BCUT2D eigenvalue weighted by molar-refractivity contribution is 0.0598. The van der Waals surface area contributed by atoms with Crippen LogP contribution in [0.3, 0.4) is 0 Å². The second-order valence-electron chi connectivity index (χ2n) is 5.67. The first-order valence-electron chi connectivity index (χ1n) is 7.54. The van der Waals surface area contributed by atoms with Crippen LogP contribution in [0.2, 0.25) is 0 Å². The van der Waals surface area contributed by atoms with E-state index in [1.165, 1.54) is 30.5 Å². The number of methoxy groups -OCH3 is 1. The minimum absolute atomic E-state index is 0.136. The smallest absolute Gasteiger partial charge is 0.0644 e. The van der Waals surface area contributed by atoms with Gasteiger partial charge in [0.05, 0.1) is 25.5 Å². The van der Waals surface area contributed by atoms with Crippen LogP contribution in [0.5, 0.6) is 0 Å². The van der Waals surface area contributed by atoms with Gasteiger partial charge in [-0.05, 0) is 33.2 Å². The number of aryl methyl sites for hydroxylation is 1. The predicted octanol–water partition coefficient (Wildman–Crippen LogP) is 1.49. The fraction of sp³-hybridized carbons (Fsp3) is 0.800. The Hall–Kier alpha value is -0.910. The minimum Gasteiger partial charge on any atom is -0.394 e. The van der Waals surface area contributed by atoms with Gasteiger partial charge in [0.1, 0.15) is 0 Å². The van der Waals surface area contributed by atoms with Crippen LogP contribution in [0.4, 0.5) is 0 Å². The van der Waals surface area contributed by atoms with Crippen LogP contribution < -0.4 is 0 Å². The van der Waals surface area contributed by atoms with E-state index in [4.69, 9.17) is 9.84 Å². The number of nitrogens with zero attached hydrogens (tertiary/aromatic N) is 3. The van der Waals surface area contributed by atoms with Gasteiger partial charge in [0.15, 0.2) is 0 Å². The molecule has 1 saturated heterocycles. The standard InChI is InChI=1S/C15H27N3O2/c1-12-15(13(2)18(16-12)8-9-19)10-17-7-5-4-6-14(17)11-20-3/h14,19H,4-11H2,1-3H3/t14-/m0/s1. The first-order chi connectivity index (χ1) is 9.67. The summed E-state index contributed by atoms with van der Waals surface area (Å²) >= 11 is 0. The van der Waals surface area contributed by atoms with Crippen molar-refractivity contribution in [1.82, 2.24) is 14.7 Å². The van der Waals surface area contributed by atoms with Crippen molar-refractivity contribution in [2.24, 2.45) is 0 Å². The Kier molecular flexibility index (Phi) is 5.57. The molecule has 1 fully saturated rings. The highest BCUT2D eigenvalue weighted by atomic mass is 16.5. The fourth-order valence-electron chi connectivity index (χ4n) is 3.13. The number of aromatic nitrogens is 2. The zero-order valence-corrected chi connectivity index (χ0v) is 12.9. The van der Waals surface area contributed by atoms with Gasteiger partial charge < -0.3 is 9.84 Å². The summed E-state index contributed by atoms with van der Waals surface area (Å²) in [4.78, 5) is 2.52. The van der Waals surface area contributed by atoms with Crippen molar-refractivity contribution < 1.29 is 9.84 Å². The summed E-state index contributed by atoms with van der Waals surface area (Å²) < 4.78 is 7.27. The second kappa shape index (κ2) is 7.20. The first-order valence-corrected chi connectivity index (χ1v) is 7.54. The highest BCUT2D eigenvalue weighted by Crippen LogP contribution is 2.22. The van der Waals surface area contributed by atoms with Crippen LogP contribution in [-0.4, -0.2) is 52.7 Å². The van der Waals surface area contributed by atoms with Crippen molar-refractivity contribution >= 4 is 0 Å². The number of piperidine rings is 1. The van der Waals surface area contributed by atoms with E-state index in [2.05, 4.69) is 23.8 Å². The number of aliphatic hydroxyl groups is 1. The summed E-state index contributed by atoms with van der Waals surface area (Å²) in [5.41, 5.74) is 3.57. The summed E-state index contributed by atoms with van der Waals surface area (Å²) in [6.07, 6.45) is 3.78. The summed E-state index contributed by atoms with van der Waals surface area (Å²) in [6.45, 7) is 7.76. The molecule has 0 amide bonds. The number of rotatable bonds is 6. The van der Waals surface area contributed by atoms with Gasteiger partial charge in [-0.25, -0.2) is 0 Å². The minimum atomic E-state index is 0.136. The summed E-state index contributed by atoms with van der Waals surface area (Å²) in [6, 6.07) is 0.522. The summed E-state index contributed by atoms with van der Waals surface area (Å²) in [5.74, 6) is 0. The number of hydrogen-bond acceptors (Lipinski definition) is 4. The van der Waals surface area contributed by atoms with Crippen molar-refractivity contribution in [3.8, 4) is 0 Å². The van der Waals surface area contributed by atoms with E-state index in [-0.39, 0.29) is 6.61 Å². The van der Waals surface area contributed by atoms with Crippen molar-refractivity contribution in [2.45, 2.75) is 52.2 Å². The van der Waals surface area contributed by atoms with Crippen molar-refractivity contribution in [3.63, 3.8) is 0 Å². The van der Waals surface area contributed by atoms with Crippen LogP contribution in [-0.2, 0) is 17.8 Å². The maximum atomic E-state index is 9.09. The molecule has 20 heavy (non-hydrogen) atoms. The van der Waals surface area contributed by atoms with Gasteiger partial charge in [0.2, 0.25) is 0 Å². The number of hydrogen-bond donors (Lipinski definition) is 1. The third-order valence-corrected chi connectivity index (χ3v) is 4.31. The maximum Gasteiger partial charge on any atom is 0.0644 e. The molecule has 1 aromatic heterocycles. The zero-order chi connectivity index (χ0) is 14.5. The number of likely N-dealkylation sites (tertiary alicyclic amines) is 1. The van der Waals surface area contributed by atoms with E-state index >= 15 is 0 Å². The molecule has 1 atom stereocenters. The van der Waals surface area contributed by atoms with Crippen LogP contribution >= 0.6 is 0 Å². The van der Waals surface area contributed by atoms with Crippen molar-refractivity contribution in [3.05, 3.63) is 17.0 Å². The van der Waals surface area contributed by atoms with Gasteiger partial charge in [-0.2, -0.15) is 5.10 Å². The SMILES string of the molecule is COC[C@@H]1CCCCN1Cc1c(C)nn(CCO)c1C. The largest absolute Gasteiger partial charge is 0.394 e. The van der Waals surface area contributed by atoms with Crippen LogP contribution in [0.25, 0.3) is 0 Å².